The molecule has 1 atom stereocenters. The summed E-state index contributed by atoms with van der Waals surface area (Å²) in [5.74, 6) is -0.404. The van der Waals surface area contributed by atoms with Gasteiger partial charge in [-0.3, -0.25) is 0 Å². The fourth-order valence-corrected chi connectivity index (χ4v) is 2.44. The van der Waals surface area contributed by atoms with E-state index < -0.39 is 12.0 Å². The number of nitrogens with zero attached hydrogens (tertiary/aromatic N) is 2. The van der Waals surface area contributed by atoms with Gasteiger partial charge in [-0.15, -0.1) is 0 Å². The number of urea groups is 1. The molecule has 0 aromatic rings. The summed E-state index contributed by atoms with van der Waals surface area (Å²) in [5, 5.41) is 8.89. The number of amides is 2. The van der Waals surface area contributed by atoms with E-state index >= 15 is 0 Å². The molecule has 0 saturated heterocycles. The lowest BCUT2D eigenvalue weighted by Crippen LogP contribution is -2.47. The SMILES string of the molecule is CC(C(=O)O)N(C)C(=O)N(C)CC1CCCCC1. The Kier molecular flexibility index (Phi) is 5.44. The predicted molar refractivity (Wildman–Crippen MR) is 69.5 cm³/mol. The fourth-order valence-electron chi connectivity index (χ4n) is 2.44. The highest BCUT2D eigenvalue weighted by Crippen LogP contribution is 2.24. The Bertz CT molecular complexity index is 301. The van der Waals surface area contributed by atoms with Crippen LogP contribution in [0.4, 0.5) is 4.79 Å². The molecular weight excluding hydrogens is 232 g/mol. The summed E-state index contributed by atoms with van der Waals surface area (Å²) in [4.78, 5) is 25.8. The zero-order valence-electron chi connectivity index (χ0n) is 11.6. The van der Waals surface area contributed by atoms with Crippen LogP contribution in [-0.4, -0.2) is 53.6 Å². The Morgan fingerprint density at radius 1 is 1.22 bits per heavy atom. The number of likely N-dealkylation sites (N-methyl/N-ethyl adjacent to an activating group) is 1. The number of carbonyl (C=O) groups excluding carboxylic acids is 1. The van der Waals surface area contributed by atoms with E-state index in [0.717, 1.165) is 6.54 Å². The van der Waals surface area contributed by atoms with Crippen LogP contribution in [0, 0.1) is 5.92 Å². The van der Waals surface area contributed by atoms with E-state index in [4.69, 9.17) is 5.11 Å². The van der Waals surface area contributed by atoms with Gasteiger partial charge in [0.2, 0.25) is 0 Å². The highest BCUT2D eigenvalue weighted by Gasteiger charge is 2.25. The maximum Gasteiger partial charge on any atom is 0.326 e. The summed E-state index contributed by atoms with van der Waals surface area (Å²) >= 11 is 0. The molecule has 0 heterocycles. The van der Waals surface area contributed by atoms with Crippen molar-refractivity contribution in [1.82, 2.24) is 9.80 Å². The van der Waals surface area contributed by atoms with Crippen LogP contribution in [-0.2, 0) is 4.79 Å². The fraction of sp³-hybridized carbons (Fsp3) is 0.846. The normalized spacial score (nSPS) is 18.2. The molecule has 104 valence electrons. The predicted octanol–water partition coefficient (Wildman–Crippen LogP) is 2.02. The standard InChI is InChI=1S/C13H24N2O3/c1-10(12(16)17)15(3)13(18)14(2)9-11-7-5-4-6-8-11/h10-11H,4-9H2,1-3H3,(H,16,17). The van der Waals surface area contributed by atoms with E-state index in [2.05, 4.69) is 0 Å². The topological polar surface area (TPSA) is 60.9 Å². The largest absolute Gasteiger partial charge is 0.480 e. The van der Waals surface area contributed by atoms with Gasteiger partial charge in [-0.2, -0.15) is 0 Å². The maximum absolute atomic E-state index is 12.1. The molecule has 5 heteroatoms. The van der Waals surface area contributed by atoms with E-state index in [-0.39, 0.29) is 6.03 Å². The molecule has 0 bridgehead atoms. The van der Waals surface area contributed by atoms with Gasteiger partial charge in [0.25, 0.3) is 0 Å². The van der Waals surface area contributed by atoms with Crippen molar-refractivity contribution in [2.45, 2.75) is 45.1 Å². The van der Waals surface area contributed by atoms with Crippen molar-refractivity contribution < 1.29 is 14.7 Å². The van der Waals surface area contributed by atoms with E-state index in [1.807, 2.05) is 0 Å². The average molecular weight is 256 g/mol. The van der Waals surface area contributed by atoms with E-state index in [0.29, 0.717) is 5.92 Å². The first kappa shape index (κ1) is 14.8. The summed E-state index contributed by atoms with van der Waals surface area (Å²) in [7, 11) is 3.29. The third-order valence-corrected chi connectivity index (χ3v) is 3.82. The summed E-state index contributed by atoms with van der Waals surface area (Å²) in [6.07, 6.45) is 6.14. The van der Waals surface area contributed by atoms with E-state index in [1.54, 1.807) is 19.0 Å². The monoisotopic (exact) mass is 256 g/mol. The summed E-state index contributed by atoms with van der Waals surface area (Å²) in [6.45, 7) is 2.25. The lowest BCUT2D eigenvalue weighted by atomic mass is 9.89. The van der Waals surface area contributed by atoms with Gasteiger partial charge < -0.3 is 14.9 Å². The zero-order valence-corrected chi connectivity index (χ0v) is 11.6. The second-order valence-corrected chi connectivity index (χ2v) is 5.29. The molecule has 0 spiro atoms. The van der Waals surface area contributed by atoms with Gasteiger partial charge in [0, 0.05) is 20.6 Å². The molecule has 0 aliphatic heterocycles. The first-order chi connectivity index (χ1) is 8.43. The van der Waals surface area contributed by atoms with Crippen molar-refractivity contribution >= 4 is 12.0 Å². The van der Waals surface area contributed by atoms with Crippen molar-refractivity contribution in [2.75, 3.05) is 20.6 Å². The van der Waals surface area contributed by atoms with Crippen molar-refractivity contribution in [2.24, 2.45) is 5.92 Å². The molecule has 1 saturated carbocycles. The van der Waals surface area contributed by atoms with Crippen LogP contribution in [0.5, 0.6) is 0 Å². The first-order valence-electron chi connectivity index (χ1n) is 6.64. The van der Waals surface area contributed by atoms with Crippen LogP contribution >= 0.6 is 0 Å². The maximum atomic E-state index is 12.1. The van der Waals surface area contributed by atoms with Crippen molar-refractivity contribution in [3.8, 4) is 0 Å². The molecule has 1 unspecified atom stereocenters. The molecule has 0 radical (unpaired) electrons. The summed E-state index contributed by atoms with van der Waals surface area (Å²) in [5.41, 5.74) is 0. The van der Waals surface area contributed by atoms with Gasteiger partial charge in [-0.05, 0) is 25.7 Å². The second-order valence-electron chi connectivity index (χ2n) is 5.29. The van der Waals surface area contributed by atoms with E-state index in [1.165, 1.54) is 43.9 Å². The Balaban J connectivity index is 2.46. The van der Waals surface area contributed by atoms with Gasteiger partial charge in [-0.25, -0.2) is 9.59 Å². The highest BCUT2D eigenvalue weighted by molar-refractivity contribution is 5.82. The number of hydrogen-bond donors (Lipinski definition) is 1. The van der Waals surface area contributed by atoms with E-state index in [9.17, 15) is 9.59 Å². The Morgan fingerprint density at radius 2 is 1.78 bits per heavy atom. The van der Waals surface area contributed by atoms with Crippen LogP contribution < -0.4 is 0 Å². The number of aliphatic carboxylic acids is 1. The van der Waals surface area contributed by atoms with Gasteiger partial charge in [0.15, 0.2) is 0 Å². The average Bonchev–Trinajstić information content (AvgIpc) is 2.37. The molecule has 1 aliphatic rings. The Hall–Kier alpha value is -1.26. The molecule has 2 amide bonds. The number of hydrogen-bond acceptors (Lipinski definition) is 2. The molecule has 1 N–H and O–H groups in total. The summed E-state index contributed by atoms with van der Waals surface area (Å²) < 4.78 is 0. The Labute approximate surface area is 109 Å². The number of rotatable bonds is 4. The quantitative estimate of drug-likeness (QED) is 0.837. The van der Waals surface area contributed by atoms with Gasteiger partial charge in [-0.1, -0.05) is 19.3 Å². The minimum atomic E-state index is -0.975. The lowest BCUT2D eigenvalue weighted by molar-refractivity contribution is -0.141. The molecular formula is C13H24N2O3. The van der Waals surface area contributed by atoms with Crippen molar-refractivity contribution in [3.63, 3.8) is 0 Å². The zero-order chi connectivity index (χ0) is 13.7. The smallest absolute Gasteiger partial charge is 0.326 e. The molecule has 0 aromatic carbocycles. The van der Waals surface area contributed by atoms with Crippen LogP contribution in [0.3, 0.4) is 0 Å². The summed E-state index contributed by atoms with van der Waals surface area (Å²) in [6, 6.07) is -0.998. The number of carbonyl (C=O) groups is 2. The van der Waals surface area contributed by atoms with Gasteiger partial charge >= 0.3 is 12.0 Å². The second kappa shape index (κ2) is 6.61. The lowest BCUT2D eigenvalue weighted by Gasteiger charge is -2.31. The van der Waals surface area contributed by atoms with Crippen molar-refractivity contribution in [3.05, 3.63) is 0 Å². The minimum Gasteiger partial charge on any atom is -0.480 e. The molecule has 18 heavy (non-hydrogen) atoms. The molecule has 1 rings (SSSR count). The molecule has 1 aliphatic carbocycles. The van der Waals surface area contributed by atoms with Crippen molar-refractivity contribution in [1.29, 1.82) is 0 Å². The van der Waals surface area contributed by atoms with Crippen LogP contribution in [0.25, 0.3) is 0 Å². The number of carboxylic acid groups (broad SMARTS) is 1. The van der Waals surface area contributed by atoms with Crippen LogP contribution in [0.1, 0.15) is 39.0 Å². The number of carboxylic acids is 1. The van der Waals surface area contributed by atoms with Gasteiger partial charge in [0.05, 0.1) is 0 Å². The molecule has 0 aromatic heterocycles. The molecule has 1 fully saturated rings. The Morgan fingerprint density at radius 3 is 2.28 bits per heavy atom. The first-order valence-corrected chi connectivity index (χ1v) is 6.64. The third kappa shape index (κ3) is 3.89. The molecule has 5 nitrogen and oxygen atoms in total. The highest BCUT2D eigenvalue weighted by atomic mass is 16.4. The van der Waals surface area contributed by atoms with Crippen LogP contribution in [0.15, 0.2) is 0 Å². The van der Waals surface area contributed by atoms with Crippen LogP contribution in [0.2, 0.25) is 0 Å². The minimum absolute atomic E-state index is 0.213. The van der Waals surface area contributed by atoms with Gasteiger partial charge in [0.1, 0.15) is 6.04 Å². The third-order valence-electron chi connectivity index (χ3n) is 3.82.